The summed E-state index contributed by atoms with van der Waals surface area (Å²) in [6, 6.07) is 1.91. The first kappa shape index (κ1) is 9.15. The molecule has 14 heavy (non-hydrogen) atoms. The van der Waals surface area contributed by atoms with Crippen LogP contribution in [0.3, 0.4) is 0 Å². The summed E-state index contributed by atoms with van der Waals surface area (Å²) in [6.07, 6.45) is 3.73. The number of thiophene rings is 1. The Morgan fingerprint density at radius 3 is 3.07 bits per heavy atom. The number of H-pyrrole nitrogens is 1. The average molecular weight is 206 g/mol. The minimum absolute atomic E-state index is 0.115. The van der Waals surface area contributed by atoms with Crippen LogP contribution in [0.4, 0.5) is 0 Å². The Kier molecular flexibility index (Phi) is 2.45. The van der Waals surface area contributed by atoms with E-state index in [-0.39, 0.29) is 5.78 Å². The van der Waals surface area contributed by atoms with Crippen molar-refractivity contribution in [2.45, 2.75) is 13.3 Å². The van der Waals surface area contributed by atoms with Gasteiger partial charge in [-0.1, -0.05) is 0 Å². The number of nitrogens with one attached hydrogen (secondary N) is 1. The summed E-state index contributed by atoms with van der Waals surface area (Å²) in [4.78, 5) is 19.8. The summed E-state index contributed by atoms with van der Waals surface area (Å²) in [5, 5.41) is 1.89. The summed E-state index contributed by atoms with van der Waals surface area (Å²) in [7, 11) is 0. The lowest BCUT2D eigenvalue weighted by Crippen LogP contribution is -2.03. The van der Waals surface area contributed by atoms with E-state index in [1.54, 1.807) is 23.7 Å². The number of aromatic nitrogens is 2. The van der Waals surface area contributed by atoms with E-state index >= 15 is 0 Å². The van der Waals surface area contributed by atoms with Gasteiger partial charge in [-0.2, -0.15) is 0 Å². The topological polar surface area (TPSA) is 45.8 Å². The van der Waals surface area contributed by atoms with Gasteiger partial charge < -0.3 is 4.98 Å². The van der Waals surface area contributed by atoms with Crippen LogP contribution >= 0.6 is 11.3 Å². The fraction of sp³-hybridized carbons (Fsp3) is 0.200. The highest BCUT2D eigenvalue weighted by Crippen LogP contribution is 2.14. The van der Waals surface area contributed by atoms with Gasteiger partial charge in [0.2, 0.25) is 0 Å². The molecule has 0 saturated heterocycles. The van der Waals surface area contributed by atoms with Crippen LogP contribution in [0.2, 0.25) is 0 Å². The molecule has 4 heteroatoms. The monoisotopic (exact) mass is 206 g/mol. The van der Waals surface area contributed by atoms with Crippen LogP contribution in [0.15, 0.2) is 23.8 Å². The highest BCUT2D eigenvalue weighted by atomic mass is 32.1. The van der Waals surface area contributed by atoms with Gasteiger partial charge in [0.1, 0.15) is 5.82 Å². The molecule has 0 bridgehead atoms. The van der Waals surface area contributed by atoms with Crippen LogP contribution in [0, 0.1) is 6.92 Å². The van der Waals surface area contributed by atoms with Crippen molar-refractivity contribution in [3.63, 3.8) is 0 Å². The molecule has 1 N–H and O–H groups in total. The smallest absolute Gasteiger partial charge is 0.171 e. The van der Waals surface area contributed by atoms with E-state index in [1.807, 2.05) is 18.4 Å². The van der Waals surface area contributed by atoms with Crippen LogP contribution in [0.1, 0.15) is 21.1 Å². The van der Waals surface area contributed by atoms with Crippen molar-refractivity contribution in [1.29, 1.82) is 0 Å². The fourth-order valence-corrected chi connectivity index (χ4v) is 1.95. The van der Waals surface area contributed by atoms with E-state index in [2.05, 4.69) is 9.97 Å². The second-order valence-electron chi connectivity index (χ2n) is 3.08. The number of ketones is 1. The SMILES string of the molecule is Cc1cc(C(=O)Cc2ncc[nH]2)cs1. The van der Waals surface area contributed by atoms with Crippen molar-refractivity contribution in [2.24, 2.45) is 0 Å². The Hall–Kier alpha value is -1.42. The van der Waals surface area contributed by atoms with Gasteiger partial charge in [0, 0.05) is 28.2 Å². The van der Waals surface area contributed by atoms with Gasteiger partial charge in [-0.25, -0.2) is 4.98 Å². The molecule has 0 radical (unpaired) electrons. The number of rotatable bonds is 3. The van der Waals surface area contributed by atoms with Gasteiger partial charge in [-0.3, -0.25) is 4.79 Å². The molecule has 0 aliphatic heterocycles. The van der Waals surface area contributed by atoms with Crippen LogP contribution < -0.4 is 0 Å². The maximum atomic E-state index is 11.7. The van der Waals surface area contributed by atoms with Crippen molar-refractivity contribution < 1.29 is 4.79 Å². The molecule has 3 nitrogen and oxygen atoms in total. The van der Waals surface area contributed by atoms with Crippen molar-refractivity contribution in [3.05, 3.63) is 40.1 Å². The molecule has 0 spiro atoms. The number of Topliss-reactive ketones (excluding diaryl/α,β-unsaturated/α-hetero) is 1. The van der Waals surface area contributed by atoms with E-state index in [0.717, 1.165) is 16.3 Å². The lowest BCUT2D eigenvalue weighted by Gasteiger charge is -1.93. The third kappa shape index (κ3) is 1.90. The Balaban J connectivity index is 2.10. The van der Waals surface area contributed by atoms with Crippen molar-refractivity contribution in [2.75, 3.05) is 0 Å². The Morgan fingerprint density at radius 2 is 2.50 bits per heavy atom. The molecule has 0 aliphatic rings. The Bertz CT molecular complexity index is 431. The average Bonchev–Trinajstić information content (AvgIpc) is 2.75. The molecule has 2 heterocycles. The first-order valence-corrected chi connectivity index (χ1v) is 5.20. The largest absolute Gasteiger partial charge is 0.348 e. The third-order valence-corrected chi connectivity index (χ3v) is 2.80. The van der Waals surface area contributed by atoms with E-state index < -0.39 is 0 Å². The second kappa shape index (κ2) is 3.75. The number of aryl methyl sites for hydroxylation is 1. The number of hydrogen-bond acceptors (Lipinski definition) is 3. The normalized spacial score (nSPS) is 10.4. The highest BCUT2D eigenvalue weighted by molar-refractivity contribution is 7.10. The molecule has 2 rings (SSSR count). The van der Waals surface area contributed by atoms with E-state index in [0.29, 0.717) is 6.42 Å². The molecular formula is C10H10N2OS. The summed E-state index contributed by atoms with van der Waals surface area (Å²) in [5.74, 6) is 0.836. The minimum Gasteiger partial charge on any atom is -0.348 e. The van der Waals surface area contributed by atoms with Crippen LogP contribution in [-0.4, -0.2) is 15.8 Å². The fourth-order valence-electron chi connectivity index (χ4n) is 1.24. The minimum atomic E-state index is 0.115. The third-order valence-electron chi connectivity index (χ3n) is 1.94. The molecule has 0 unspecified atom stereocenters. The zero-order valence-electron chi connectivity index (χ0n) is 7.78. The van der Waals surface area contributed by atoms with Crippen molar-refractivity contribution in [3.8, 4) is 0 Å². The maximum absolute atomic E-state index is 11.7. The summed E-state index contributed by atoms with van der Waals surface area (Å²) in [6.45, 7) is 1.99. The first-order chi connectivity index (χ1) is 6.75. The second-order valence-corrected chi connectivity index (χ2v) is 4.20. The molecule has 2 aromatic heterocycles. The molecule has 0 fully saturated rings. The predicted octanol–water partition coefficient (Wildman–Crippen LogP) is 2.21. The number of nitrogens with zero attached hydrogens (tertiary/aromatic N) is 1. The maximum Gasteiger partial charge on any atom is 0.171 e. The summed E-state index contributed by atoms with van der Waals surface area (Å²) >= 11 is 1.59. The first-order valence-electron chi connectivity index (χ1n) is 4.32. The number of aromatic amines is 1. The zero-order valence-corrected chi connectivity index (χ0v) is 8.60. The summed E-state index contributed by atoms with van der Waals surface area (Å²) in [5.41, 5.74) is 0.781. The number of carbonyl (C=O) groups is 1. The van der Waals surface area contributed by atoms with Gasteiger partial charge in [0.05, 0.1) is 6.42 Å². The molecule has 0 aliphatic carbocycles. The van der Waals surface area contributed by atoms with Crippen LogP contribution in [-0.2, 0) is 6.42 Å². The molecule has 0 aromatic carbocycles. The number of carbonyl (C=O) groups excluding carboxylic acids is 1. The Morgan fingerprint density at radius 1 is 1.64 bits per heavy atom. The molecule has 0 atom stereocenters. The molecular weight excluding hydrogens is 196 g/mol. The van der Waals surface area contributed by atoms with Gasteiger partial charge in [-0.05, 0) is 13.0 Å². The standard InChI is InChI=1S/C10H10N2OS/c1-7-4-8(6-14-7)9(13)5-10-11-2-3-12-10/h2-4,6H,5H2,1H3,(H,11,12). The van der Waals surface area contributed by atoms with E-state index in [4.69, 9.17) is 0 Å². The van der Waals surface area contributed by atoms with Gasteiger partial charge >= 0.3 is 0 Å². The van der Waals surface area contributed by atoms with E-state index in [9.17, 15) is 4.79 Å². The van der Waals surface area contributed by atoms with Crippen LogP contribution in [0.25, 0.3) is 0 Å². The zero-order chi connectivity index (χ0) is 9.97. The molecule has 0 saturated carbocycles. The molecule has 0 amide bonds. The summed E-state index contributed by atoms with van der Waals surface area (Å²) < 4.78 is 0. The van der Waals surface area contributed by atoms with E-state index in [1.165, 1.54) is 0 Å². The highest BCUT2D eigenvalue weighted by Gasteiger charge is 2.09. The number of imidazole rings is 1. The van der Waals surface area contributed by atoms with Gasteiger partial charge in [-0.15, -0.1) is 11.3 Å². The predicted molar refractivity (Wildman–Crippen MR) is 55.7 cm³/mol. The number of hydrogen-bond donors (Lipinski definition) is 1. The van der Waals surface area contributed by atoms with Gasteiger partial charge in [0.15, 0.2) is 5.78 Å². The molecule has 72 valence electrons. The van der Waals surface area contributed by atoms with Crippen molar-refractivity contribution in [1.82, 2.24) is 9.97 Å². The van der Waals surface area contributed by atoms with Gasteiger partial charge in [0.25, 0.3) is 0 Å². The lowest BCUT2D eigenvalue weighted by molar-refractivity contribution is 0.0991. The van der Waals surface area contributed by atoms with Crippen molar-refractivity contribution >= 4 is 17.1 Å². The van der Waals surface area contributed by atoms with Crippen LogP contribution in [0.5, 0.6) is 0 Å². The molecule has 2 aromatic rings. The lowest BCUT2D eigenvalue weighted by atomic mass is 10.1. The quantitative estimate of drug-likeness (QED) is 0.782. The Labute approximate surface area is 85.8 Å².